The molecule has 0 spiro atoms. The number of sulfonamides is 1. The molecule has 0 bridgehead atoms. The van der Waals surface area contributed by atoms with Crippen molar-refractivity contribution in [1.82, 2.24) is 0 Å². The van der Waals surface area contributed by atoms with E-state index in [-0.39, 0.29) is 10.6 Å². The Balaban J connectivity index is 2.40. The van der Waals surface area contributed by atoms with E-state index in [1.54, 1.807) is 18.2 Å². The Morgan fingerprint density at radius 2 is 1.90 bits per heavy atom. The van der Waals surface area contributed by atoms with Crippen LogP contribution in [0.1, 0.15) is 5.56 Å². The summed E-state index contributed by atoms with van der Waals surface area (Å²) in [7, 11) is -3.93. The molecule has 0 saturated heterocycles. The van der Waals surface area contributed by atoms with Gasteiger partial charge in [-0.05, 0) is 48.9 Å². The molecule has 0 aromatic heterocycles. The molecule has 0 aliphatic rings. The maximum absolute atomic E-state index is 13.2. The third-order valence-corrected chi connectivity index (χ3v) is 5.00. The van der Waals surface area contributed by atoms with Gasteiger partial charge in [0.05, 0.1) is 5.69 Å². The van der Waals surface area contributed by atoms with Crippen molar-refractivity contribution >= 4 is 37.3 Å². The molecule has 3 N–H and O–H groups in total. The maximum atomic E-state index is 13.2. The SMILES string of the molecule is Cc1cc(NS(=O)(=O)c2cc(F)ccc2N)ccc1Br. The zero-order valence-corrected chi connectivity index (χ0v) is 12.9. The van der Waals surface area contributed by atoms with Crippen LogP contribution in [-0.2, 0) is 10.0 Å². The topological polar surface area (TPSA) is 72.2 Å². The predicted octanol–water partition coefficient (Wildman–Crippen LogP) is 3.28. The van der Waals surface area contributed by atoms with Crippen LogP contribution in [0.3, 0.4) is 0 Å². The fraction of sp³-hybridized carbons (Fsp3) is 0.0769. The van der Waals surface area contributed by atoms with Gasteiger partial charge in [-0.1, -0.05) is 15.9 Å². The molecule has 0 saturated carbocycles. The van der Waals surface area contributed by atoms with E-state index < -0.39 is 15.8 Å². The van der Waals surface area contributed by atoms with E-state index >= 15 is 0 Å². The molecule has 0 fully saturated rings. The second-order valence-corrected chi connectivity index (χ2v) is 6.76. The zero-order valence-electron chi connectivity index (χ0n) is 10.5. The lowest BCUT2D eigenvalue weighted by Gasteiger charge is -2.11. The molecule has 7 heteroatoms. The van der Waals surface area contributed by atoms with Crippen LogP contribution in [0, 0.1) is 12.7 Å². The largest absolute Gasteiger partial charge is 0.398 e. The normalized spacial score (nSPS) is 11.3. The first-order valence-corrected chi connectivity index (χ1v) is 7.91. The van der Waals surface area contributed by atoms with Gasteiger partial charge in [-0.15, -0.1) is 0 Å². The Morgan fingerprint density at radius 3 is 2.55 bits per heavy atom. The van der Waals surface area contributed by atoms with Gasteiger partial charge in [0.2, 0.25) is 0 Å². The fourth-order valence-corrected chi connectivity index (χ4v) is 3.10. The molecule has 0 radical (unpaired) electrons. The zero-order chi connectivity index (χ0) is 14.9. The van der Waals surface area contributed by atoms with E-state index in [1.165, 1.54) is 6.07 Å². The number of hydrogen-bond acceptors (Lipinski definition) is 3. The number of benzene rings is 2. The van der Waals surface area contributed by atoms with Gasteiger partial charge in [-0.25, -0.2) is 12.8 Å². The molecule has 106 valence electrons. The van der Waals surface area contributed by atoms with Crippen molar-refractivity contribution in [2.75, 3.05) is 10.5 Å². The first kappa shape index (κ1) is 14.8. The summed E-state index contributed by atoms with van der Waals surface area (Å²) in [6, 6.07) is 8.21. The van der Waals surface area contributed by atoms with Crippen molar-refractivity contribution in [1.29, 1.82) is 0 Å². The first-order chi connectivity index (χ1) is 9.29. The van der Waals surface area contributed by atoms with Gasteiger partial charge in [0, 0.05) is 10.2 Å². The monoisotopic (exact) mass is 358 g/mol. The lowest BCUT2D eigenvalue weighted by atomic mass is 10.2. The molecule has 0 heterocycles. The Bertz CT molecular complexity index is 763. The smallest absolute Gasteiger partial charge is 0.264 e. The second-order valence-electron chi connectivity index (χ2n) is 4.25. The third kappa shape index (κ3) is 3.10. The summed E-state index contributed by atoms with van der Waals surface area (Å²) in [4.78, 5) is -0.280. The van der Waals surface area contributed by atoms with Crippen LogP contribution in [0.15, 0.2) is 45.8 Å². The highest BCUT2D eigenvalue weighted by molar-refractivity contribution is 9.10. The van der Waals surface area contributed by atoms with Gasteiger partial charge in [0.25, 0.3) is 10.0 Å². The standard InChI is InChI=1S/C13H12BrFN2O2S/c1-8-6-10(3-4-11(8)14)17-20(18,19)13-7-9(15)2-5-12(13)16/h2-7,17H,16H2,1H3. The summed E-state index contributed by atoms with van der Waals surface area (Å²) in [5.41, 5.74) is 6.84. The summed E-state index contributed by atoms with van der Waals surface area (Å²) in [6.07, 6.45) is 0. The van der Waals surface area contributed by atoms with E-state index in [1.807, 2.05) is 6.92 Å². The Hall–Kier alpha value is -1.60. The Kier molecular flexibility index (Phi) is 4.01. The molecule has 4 nitrogen and oxygen atoms in total. The molecule has 0 unspecified atom stereocenters. The van der Waals surface area contributed by atoms with Gasteiger partial charge >= 0.3 is 0 Å². The molecule has 0 aliphatic carbocycles. The summed E-state index contributed by atoms with van der Waals surface area (Å²) in [5.74, 6) is -0.661. The summed E-state index contributed by atoms with van der Waals surface area (Å²) >= 11 is 3.33. The van der Waals surface area contributed by atoms with Crippen LogP contribution in [0.2, 0.25) is 0 Å². The second kappa shape index (κ2) is 5.41. The van der Waals surface area contributed by atoms with Crippen molar-refractivity contribution in [3.05, 3.63) is 52.3 Å². The number of halogens is 2. The van der Waals surface area contributed by atoms with E-state index in [0.717, 1.165) is 22.2 Å². The van der Waals surface area contributed by atoms with Gasteiger partial charge in [0.15, 0.2) is 0 Å². The third-order valence-electron chi connectivity index (χ3n) is 2.68. The Labute approximate surface area is 125 Å². The summed E-state index contributed by atoms with van der Waals surface area (Å²) < 4.78 is 40.8. The van der Waals surface area contributed by atoms with Crippen LogP contribution in [0.5, 0.6) is 0 Å². The summed E-state index contributed by atoms with van der Waals surface area (Å²) in [5, 5.41) is 0. The average molecular weight is 359 g/mol. The van der Waals surface area contributed by atoms with Crippen molar-refractivity contribution in [3.8, 4) is 0 Å². The highest BCUT2D eigenvalue weighted by Gasteiger charge is 2.18. The molecule has 2 rings (SSSR count). The molecule has 0 atom stereocenters. The van der Waals surface area contributed by atoms with Crippen LogP contribution in [-0.4, -0.2) is 8.42 Å². The van der Waals surface area contributed by atoms with Crippen LogP contribution in [0.25, 0.3) is 0 Å². The number of rotatable bonds is 3. The highest BCUT2D eigenvalue weighted by Crippen LogP contribution is 2.25. The van der Waals surface area contributed by atoms with E-state index in [4.69, 9.17) is 5.73 Å². The minimum absolute atomic E-state index is 0.00673. The minimum Gasteiger partial charge on any atom is -0.398 e. The van der Waals surface area contributed by atoms with E-state index in [9.17, 15) is 12.8 Å². The molecule has 2 aromatic carbocycles. The number of nitrogens with two attached hydrogens (primary N) is 1. The molecule has 0 aliphatic heterocycles. The Morgan fingerprint density at radius 1 is 1.20 bits per heavy atom. The van der Waals surface area contributed by atoms with E-state index in [0.29, 0.717) is 5.69 Å². The summed E-state index contributed by atoms with van der Waals surface area (Å²) in [6.45, 7) is 1.83. The fourth-order valence-electron chi connectivity index (χ4n) is 1.66. The van der Waals surface area contributed by atoms with Gasteiger partial charge in [-0.2, -0.15) is 0 Å². The lowest BCUT2D eigenvalue weighted by Crippen LogP contribution is -2.15. The van der Waals surface area contributed by atoms with Crippen molar-refractivity contribution in [3.63, 3.8) is 0 Å². The van der Waals surface area contributed by atoms with Gasteiger partial charge in [-0.3, -0.25) is 4.72 Å². The number of nitrogens with one attached hydrogen (secondary N) is 1. The molecular weight excluding hydrogens is 347 g/mol. The predicted molar refractivity (Wildman–Crippen MR) is 80.5 cm³/mol. The lowest BCUT2D eigenvalue weighted by molar-refractivity contribution is 0.596. The molecule has 20 heavy (non-hydrogen) atoms. The van der Waals surface area contributed by atoms with E-state index in [2.05, 4.69) is 20.7 Å². The molecule has 2 aromatic rings. The van der Waals surface area contributed by atoms with Gasteiger partial charge < -0.3 is 5.73 Å². The van der Waals surface area contributed by atoms with Crippen LogP contribution in [0.4, 0.5) is 15.8 Å². The first-order valence-electron chi connectivity index (χ1n) is 5.63. The van der Waals surface area contributed by atoms with Gasteiger partial charge in [0.1, 0.15) is 10.7 Å². The van der Waals surface area contributed by atoms with Crippen molar-refractivity contribution in [2.45, 2.75) is 11.8 Å². The molecular formula is C13H12BrFN2O2S. The molecule has 0 amide bonds. The van der Waals surface area contributed by atoms with Crippen LogP contribution >= 0.6 is 15.9 Å². The quantitative estimate of drug-likeness (QED) is 0.827. The number of anilines is 2. The minimum atomic E-state index is -3.93. The number of aryl methyl sites for hydroxylation is 1. The maximum Gasteiger partial charge on any atom is 0.264 e. The average Bonchev–Trinajstić information content (AvgIpc) is 2.36. The van der Waals surface area contributed by atoms with Crippen molar-refractivity contribution < 1.29 is 12.8 Å². The number of hydrogen-bond donors (Lipinski definition) is 2. The highest BCUT2D eigenvalue weighted by atomic mass is 79.9. The van der Waals surface area contributed by atoms with Crippen molar-refractivity contribution in [2.24, 2.45) is 0 Å². The number of nitrogen functional groups attached to an aromatic ring is 1. The van der Waals surface area contributed by atoms with Crippen LogP contribution < -0.4 is 10.5 Å².